The van der Waals surface area contributed by atoms with Gasteiger partial charge >= 0.3 is 0 Å². The number of nitrogens with one attached hydrogen (secondary N) is 2. The molecule has 2 aromatic rings. The van der Waals surface area contributed by atoms with Crippen molar-refractivity contribution in [2.45, 2.75) is 20.0 Å². The first kappa shape index (κ1) is 25.9. The molecule has 174 valence electrons. The van der Waals surface area contributed by atoms with E-state index in [1.807, 2.05) is 12.1 Å². The molecule has 1 fully saturated rings. The Morgan fingerprint density at radius 2 is 2.03 bits per heavy atom. The van der Waals surface area contributed by atoms with Crippen LogP contribution in [0.1, 0.15) is 34.5 Å². The zero-order chi connectivity index (χ0) is 22.1. The summed E-state index contributed by atoms with van der Waals surface area (Å²) in [5.41, 5.74) is 3.02. The molecule has 8 heteroatoms. The zero-order valence-electron chi connectivity index (χ0n) is 19.0. The first-order valence-corrected chi connectivity index (χ1v) is 10.7. The minimum absolute atomic E-state index is 0. The topological polar surface area (TPSA) is 75.2 Å². The van der Waals surface area contributed by atoms with Crippen LogP contribution >= 0.6 is 24.0 Å². The molecular formula is C24H33IN4O3. The fourth-order valence-electron chi connectivity index (χ4n) is 3.60. The number of ether oxygens (including phenoxy) is 2. The normalized spacial score (nSPS) is 16.2. The van der Waals surface area contributed by atoms with E-state index in [1.165, 1.54) is 11.1 Å². The SMILES string of the molecule is CCNC(=NCCNC(=O)c1cccc(OC)c1)N1CCOC(c2ccccc2C)C1.I. The van der Waals surface area contributed by atoms with Gasteiger partial charge in [0.25, 0.3) is 5.91 Å². The number of nitrogens with zero attached hydrogens (tertiary/aromatic N) is 2. The van der Waals surface area contributed by atoms with Gasteiger partial charge in [-0.3, -0.25) is 9.79 Å². The van der Waals surface area contributed by atoms with E-state index in [1.54, 1.807) is 25.3 Å². The number of hydrogen-bond acceptors (Lipinski definition) is 4. The fourth-order valence-corrected chi connectivity index (χ4v) is 3.60. The third kappa shape index (κ3) is 7.09. The number of aliphatic imine (C=N–C) groups is 1. The summed E-state index contributed by atoms with van der Waals surface area (Å²) in [6, 6.07) is 15.4. The largest absolute Gasteiger partial charge is 0.497 e. The van der Waals surface area contributed by atoms with E-state index in [2.05, 4.69) is 47.6 Å². The van der Waals surface area contributed by atoms with Gasteiger partial charge in [0, 0.05) is 25.2 Å². The predicted molar refractivity (Wildman–Crippen MR) is 138 cm³/mol. The minimum Gasteiger partial charge on any atom is -0.497 e. The number of guanidine groups is 1. The van der Waals surface area contributed by atoms with Crippen LogP contribution in [-0.2, 0) is 4.74 Å². The van der Waals surface area contributed by atoms with Gasteiger partial charge < -0.3 is 25.0 Å². The standard InChI is InChI=1S/C24H32N4O3.HI/c1-4-25-24(27-13-12-26-23(29)19-9-7-10-20(16-19)30-3)28-14-15-31-22(17-28)21-11-6-5-8-18(21)2;/h5-11,16,22H,4,12-15,17H2,1-3H3,(H,25,27)(H,26,29);1H. The number of hydrogen-bond donors (Lipinski definition) is 2. The van der Waals surface area contributed by atoms with Crippen molar-refractivity contribution in [1.82, 2.24) is 15.5 Å². The van der Waals surface area contributed by atoms with Gasteiger partial charge in [-0.2, -0.15) is 0 Å². The molecule has 3 rings (SSSR count). The van der Waals surface area contributed by atoms with Crippen molar-refractivity contribution in [2.75, 3.05) is 46.4 Å². The molecule has 0 saturated carbocycles. The van der Waals surface area contributed by atoms with Gasteiger partial charge in [0.15, 0.2) is 5.96 Å². The van der Waals surface area contributed by atoms with Crippen molar-refractivity contribution in [1.29, 1.82) is 0 Å². The Hall–Kier alpha value is -2.33. The summed E-state index contributed by atoms with van der Waals surface area (Å²) in [5, 5.41) is 6.29. The number of carbonyl (C=O) groups excluding carboxylic acids is 1. The minimum atomic E-state index is -0.134. The molecule has 2 N–H and O–H groups in total. The quantitative estimate of drug-likeness (QED) is 0.239. The third-order valence-electron chi connectivity index (χ3n) is 5.23. The van der Waals surface area contributed by atoms with E-state index in [0.717, 1.165) is 25.6 Å². The Morgan fingerprint density at radius 3 is 2.78 bits per heavy atom. The Morgan fingerprint density at radius 1 is 1.22 bits per heavy atom. The molecule has 2 aromatic carbocycles. The number of aryl methyl sites for hydroxylation is 1. The van der Waals surface area contributed by atoms with Crippen molar-refractivity contribution in [3.05, 3.63) is 65.2 Å². The molecule has 1 saturated heterocycles. The van der Waals surface area contributed by atoms with Gasteiger partial charge in [0.05, 0.1) is 26.8 Å². The van der Waals surface area contributed by atoms with E-state index in [9.17, 15) is 4.79 Å². The van der Waals surface area contributed by atoms with Crippen LogP contribution in [0.5, 0.6) is 5.75 Å². The predicted octanol–water partition coefficient (Wildman–Crippen LogP) is 3.39. The Labute approximate surface area is 207 Å². The molecule has 0 aromatic heterocycles. The van der Waals surface area contributed by atoms with E-state index >= 15 is 0 Å². The van der Waals surface area contributed by atoms with Gasteiger partial charge in [0.2, 0.25) is 0 Å². The number of amides is 1. The van der Waals surface area contributed by atoms with Crippen LogP contribution in [0.3, 0.4) is 0 Å². The molecular weight excluding hydrogens is 519 g/mol. The number of methoxy groups -OCH3 is 1. The van der Waals surface area contributed by atoms with Gasteiger partial charge in [-0.1, -0.05) is 30.3 Å². The van der Waals surface area contributed by atoms with Crippen LogP contribution in [0, 0.1) is 6.92 Å². The summed E-state index contributed by atoms with van der Waals surface area (Å²) in [5.74, 6) is 1.38. The van der Waals surface area contributed by atoms with Crippen LogP contribution < -0.4 is 15.4 Å². The summed E-state index contributed by atoms with van der Waals surface area (Å²) in [7, 11) is 1.59. The molecule has 1 heterocycles. The van der Waals surface area contributed by atoms with E-state index in [4.69, 9.17) is 14.5 Å². The van der Waals surface area contributed by atoms with E-state index in [0.29, 0.717) is 31.0 Å². The molecule has 1 amide bonds. The number of carbonyl (C=O) groups is 1. The average molecular weight is 552 g/mol. The van der Waals surface area contributed by atoms with Crippen LogP contribution in [-0.4, -0.2) is 63.2 Å². The molecule has 0 bridgehead atoms. The summed E-state index contributed by atoms with van der Waals surface area (Å²) in [4.78, 5) is 19.3. The van der Waals surface area contributed by atoms with Crippen LogP contribution in [0.25, 0.3) is 0 Å². The lowest BCUT2D eigenvalue weighted by Gasteiger charge is -2.35. The molecule has 32 heavy (non-hydrogen) atoms. The Balaban J connectivity index is 0.00000363. The molecule has 0 radical (unpaired) electrons. The zero-order valence-corrected chi connectivity index (χ0v) is 21.3. The monoisotopic (exact) mass is 552 g/mol. The highest BCUT2D eigenvalue weighted by Crippen LogP contribution is 2.25. The highest BCUT2D eigenvalue weighted by molar-refractivity contribution is 14.0. The molecule has 1 unspecified atom stereocenters. The lowest BCUT2D eigenvalue weighted by molar-refractivity contribution is -0.00832. The summed E-state index contributed by atoms with van der Waals surface area (Å²) < 4.78 is 11.2. The number of morpholine rings is 1. The average Bonchev–Trinajstić information content (AvgIpc) is 2.81. The second-order valence-electron chi connectivity index (χ2n) is 7.39. The van der Waals surface area contributed by atoms with Crippen molar-refractivity contribution < 1.29 is 14.3 Å². The van der Waals surface area contributed by atoms with Gasteiger partial charge in [-0.25, -0.2) is 0 Å². The summed E-state index contributed by atoms with van der Waals surface area (Å²) >= 11 is 0. The Bertz CT molecular complexity index is 906. The summed E-state index contributed by atoms with van der Waals surface area (Å²) in [6.07, 6.45) is 0.0200. The van der Waals surface area contributed by atoms with Gasteiger partial charge in [0.1, 0.15) is 11.9 Å². The molecule has 1 aliphatic heterocycles. The molecule has 7 nitrogen and oxygen atoms in total. The molecule has 0 spiro atoms. The molecule has 1 aliphatic rings. The first-order valence-electron chi connectivity index (χ1n) is 10.7. The smallest absolute Gasteiger partial charge is 0.251 e. The van der Waals surface area contributed by atoms with Crippen LogP contribution in [0.15, 0.2) is 53.5 Å². The second kappa shape index (κ2) is 13.3. The third-order valence-corrected chi connectivity index (χ3v) is 5.23. The summed E-state index contributed by atoms with van der Waals surface area (Å²) in [6.45, 7) is 8.07. The fraction of sp³-hybridized carbons (Fsp3) is 0.417. The van der Waals surface area contributed by atoms with Crippen molar-refractivity contribution >= 4 is 35.8 Å². The van der Waals surface area contributed by atoms with E-state index in [-0.39, 0.29) is 36.0 Å². The van der Waals surface area contributed by atoms with Crippen molar-refractivity contribution in [3.63, 3.8) is 0 Å². The van der Waals surface area contributed by atoms with Crippen LogP contribution in [0.4, 0.5) is 0 Å². The maximum Gasteiger partial charge on any atom is 0.251 e. The number of rotatable bonds is 7. The molecule has 1 atom stereocenters. The Kier molecular flexibility index (Phi) is 10.8. The first-order chi connectivity index (χ1) is 15.1. The van der Waals surface area contributed by atoms with E-state index < -0.39 is 0 Å². The van der Waals surface area contributed by atoms with Crippen molar-refractivity contribution in [3.8, 4) is 5.75 Å². The second-order valence-corrected chi connectivity index (χ2v) is 7.39. The van der Waals surface area contributed by atoms with Crippen molar-refractivity contribution in [2.24, 2.45) is 4.99 Å². The lowest BCUT2D eigenvalue weighted by Crippen LogP contribution is -2.48. The lowest BCUT2D eigenvalue weighted by atomic mass is 10.0. The molecule has 0 aliphatic carbocycles. The van der Waals surface area contributed by atoms with Gasteiger partial charge in [-0.15, -0.1) is 24.0 Å². The number of benzene rings is 2. The maximum atomic E-state index is 12.4. The number of halogens is 1. The van der Waals surface area contributed by atoms with Gasteiger partial charge in [-0.05, 0) is 43.2 Å². The maximum absolute atomic E-state index is 12.4. The van der Waals surface area contributed by atoms with Crippen LogP contribution in [0.2, 0.25) is 0 Å². The highest BCUT2D eigenvalue weighted by atomic mass is 127. The highest BCUT2D eigenvalue weighted by Gasteiger charge is 2.25.